The van der Waals surface area contributed by atoms with Crippen LogP contribution in [0.2, 0.25) is 0 Å². The molecular weight excluding hydrogens is 172 g/mol. The van der Waals surface area contributed by atoms with Crippen molar-refractivity contribution in [2.24, 2.45) is 5.73 Å². The van der Waals surface area contributed by atoms with E-state index in [0.717, 1.165) is 11.3 Å². The van der Waals surface area contributed by atoms with Crippen molar-refractivity contribution in [2.45, 2.75) is 25.8 Å². The van der Waals surface area contributed by atoms with Crippen LogP contribution in [-0.4, -0.2) is 41.5 Å². The SMILES string of the molecule is CCC[C@@H](N)C(=O)N(C)CC(=O)O. The zero-order chi connectivity index (χ0) is 10.4. The minimum atomic E-state index is -1.03. The molecule has 0 saturated carbocycles. The molecule has 1 amide bonds. The van der Waals surface area contributed by atoms with Gasteiger partial charge in [-0.3, -0.25) is 9.59 Å². The Morgan fingerprint density at radius 2 is 2.08 bits per heavy atom. The zero-order valence-electron chi connectivity index (χ0n) is 7.99. The average molecular weight is 188 g/mol. The summed E-state index contributed by atoms with van der Waals surface area (Å²) in [4.78, 5) is 22.7. The van der Waals surface area contributed by atoms with E-state index in [2.05, 4.69) is 0 Å². The molecule has 3 N–H and O–H groups in total. The average Bonchev–Trinajstić information content (AvgIpc) is 2.02. The third kappa shape index (κ3) is 4.47. The van der Waals surface area contributed by atoms with Gasteiger partial charge in [0.25, 0.3) is 0 Å². The molecule has 0 heterocycles. The van der Waals surface area contributed by atoms with E-state index in [1.807, 2.05) is 6.92 Å². The third-order valence-electron chi connectivity index (χ3n) is 1.67. The maximum absolute atomic E-state index is 11.3. The largest absolute Gasteiger partial charge is 0.480 e. The van der Waals surface area contributed by atoms with Crippen LogP contribution in [0.4, 0.5) is 0 Å². The minimum absolute atomic E-state index is 0.295. The molecule has 0 aliphatic carbocycles. The van der Waals surface area contributed by atoms with Crippen molar-refractivity contribution in [1.29, 1.82) is 0 Å². The van der Waals surface area contributed by atoms with Gasteiger partial charge in [0.2, 0.25) is 5.91 Å². The highest BCUT2D eigenvalue weighted by Gasteiger charge is 2.18. The molecule has 76 valence electrons. The molecule has 0 saturated heterocycles. The molecule has 0 spiro atoms. The minimum Gasteiger partial charge on any atom is -0.480 e. The van der Waals surface area contributed by atoms with Gasteiger partial charge in [0.05, 0.1) is 6.04 Å². The Morgan fingerprint density at radius 3 is 2.46 bits per heavy atom. The van der Waals surface area contributed by atoms with E-state index in [-0.39, 0.29) is 12.5 Å². The molecule has 0 aliphatic rings. The van der Waals surface area contributed by atoms with Gasteiger partial charge < -0.3 is 15.7 Å². The van der Waals surface area contributed by atoms with Crippen molar-refractivity contribution in [3.63, 3.8) is 0 Å². The predicted octanol–water partition coefficient (Wildman–Crippen LogP) is -0.343. The first-order valence-electron chi connectivity index (χ1n) is 4.21. The number of likely N-dealkylation sites (N-methyl/N-ethyl adjacent to an activating group) is 1. The van der Waals surface area contributed by atoms with Crippen LogP contribution in [0.1, 0.15) is 19.8 Å². The van der Waals surface area contributed by atoms with E-state index in [1.54, 1.807) is 0 Å². The summed E-state index contributed by atoms with van der Waals surface area (Å²) < 4.78 is 0. The van der Waals surface area contributed by atoms with Crippen LogP contribution in [0.3, 0.4) is 0 Å². The monoisotopic (exact) mass is 188 g/mol. The Bertz CT molecular complexity index is 194. The third-order valence-corrected chi connectivity index (χ3v) is 1.67. The molecule has 0 radical (unpaired) electrons. The fourth-order valence-electron chi connectivity index (χ4n) is 0.998. The quantitative estimate of drug-likeness (QED) is 0.618. The molecule has 0 bridgehead atoms. The van der Waals surface area contributed by atoms with E-state index >= 15 is 0 Å². The fourth-order valence-corrected chi connectivity index (χ4v) is 0.998. The number of rotatable bonds is 5. The van der Waals surface area contributed by atoms with Crippen LogP contribution in [0.25, 0.3) is 0 Å². The smallest absolute Gasteiger partial charge is 0.323 e. The lowest BCUT2D eigenvalue weighted by atomic mass is 10.1. The molecule has 0 aromatic heterocycles. The Morgan fingerprint density at radius 1 is 1.54 bits per heavy atom. The summed E-state index contributed by atoms with van der Waals surface area (Å²) in [6.45, 7) is 1.63. The van der Waals surface area contributed by atoms with Crippen LogP contribution in [0, 0.1) is 0 Å². The summed E-state index contributed by atoms with van der Waals surface area (Å²) in [5.74, 6) is -1.34. The number of carbonyl (C=O) groups excluding carboxylic acids is 1. The Hall–Kier alpha value is -1.10. The van der Waals surface area contributed by atoms with Gasteiger partial charge >= 0.3 is 5.97 Å². The second kappa shape index (κ2) is 5.53. The topological polar surface area (TPSA) is 83.6 Å². The molecule has 0 unspecified atom stereocenters. The Kier molecular flexibility index (Phi) is 5.06. The highest BCUT2D eigenvalue weighted by molar-refractivity contribution is 5.84. The number of carbonyl (C=O) groups is 2. The van der Waals surface area contributed by atoms with Gasteiger partial charge in [0.15, 0.2) is 0 Å². The first-order chi connectivity index (χ1) is 5.99. The van der Waals surface area contributed by atoms with E-state index < -0.39 is 12.0 Å². The normalized spacial score (nSPS) is 12.2. The lowest BCUT2D eigenvalue weighted by Crippen LogP contribution is -2.43. The molecule has 13 heavy (non-hydrogen) atoms. The van der Waals surface area contributed by atoms with Crippen molar-refractivity contribution in [3.8, 4) is 0 Å². The number of hydrogen-bond donors (Lipinski definition) is 2. The summed E-state index contributed by atoms with van der Waals surface area (Å²) in [6, 6.07) is -0.575. The molecule has 0 aliphatic heterocycles. The van der Waals surface area contributed by atoms with Crippen molar-refractivity contribution < 1.29 is 14.7 Å². The van der Waals surface area contributed by atoms with Crippen LogP contribution in [-0.2, 0) is 9.59 Å². The lowest BCUT2D eigenvalue weighted by Gasteiger charge is -2.18. The Labute approximate surface area is 77.5 Å². The molecule has 0 aromatic carbocycles. The molecule has 5 heteroatoms. The van der Waals surface area contributed by atoms with Crippen LogP contribution >= 0.6 is 0 Å². The maximum atomic E-state index is 11.3. The highest BCUT2D eigenvalue weighted by atomic mass is 16.4. The number of nitrogens with zero attached hydrogens (tertiary/aromatic N) is 1. The maximum Gasteiger partial charge on any atom is 0.323 e. The van der Waals surface area contributed by atoms with E-state index in [0.29, 0.717) is 6.42 Å². The highest BCUT2D eigenvalue weighted by Crippen LogP contribution is 1.97. The first-order valence-corrected chi connectivity index (χ1v) is 4.21. The summed E-state index contributed by atoms with van der Waals surface area (Å²) in [7, 11) is 1.44. The van der Waals surface area contributed by atoms with E-state index in [9.17, 15) is 9.59 Å². The summed E-state index contributed by atoms with van der Waals surface area (Å²) in [5, 5.41) is 8.41. The Balaban J connectivity index is 4.01. The van der Waals surface area contributed by atoms with Crippen molar-refractivity contribution >= 4 is 11.9 Å². The molecule has 0 fully saturated rings. The van der Waals surface area contributed by atoms with Gasteiger partial charge in [-0.1, -0.05) is 13.3 Å². The van der Waals surface area contributed by atoms with Crippen molar-refractivity contribution in [2.75, 3.05) is 13.6 Å². The van der Waals surface area contributed by atoms with E-state index in [1.165, 1.54) is 7.05 Å². The van der Waals surface area contributed by atoms with Gasteiger partial charge in [0, 0.05) is 7.05 Å². The number of nitrogens with two attached hydrogens (primary N) is 1. The second-order valence-electron chi connectivity index (χ2n) is 2.98. The standard InChI is InChI=1S/C8H16N2O3/c1-3-4-6(9)8(13)10(2)5-7(11)12/h6H,3-5,9H2,1-2H3,(H,11,12)/t6-/m1/s1. The van der Waals surface area contributed by atoms with Gasteiger partial charge in [-0.15, -0.1) is 0 Å². The van der Waals surface area contributed by atoms with Gasteiger partial charge in [0.1, 0.15) is 6.54 Å². The molecular formula is C8H16N2O3. The number of amides is 1. The number of carboxylic acids is 1. The summed E-state index contributed by atoms with van der Waals surface area (Å²) in [5.41, 5.74) is 5.52. The van der Waals surface area contributed by atoms with Crippen molar-refractivity contribution in [1.82, 2.24) is 4.90 Å². The van der Waals surface area contributed by atoms with Crippen LogP contribution in [0.15, 0.2) is 0 Å². The predicted molar refractivity (Wildman–Crippen MR) is 48.2 cm³/mol. The first kappa shape index (κ1) is 11.9. The van der Waals surface area contributed by atoms with Gasteiger partial charge in [-0.05, 0) is 6.42 Å². The molecule has 0 aromatic rings. The van der Waals surface area contributed by atoms with Crippen molar-refractivity contribution in [3.05, 3.63) is 0 Å². The molecule has 1 atom stereocenters. The van der Waals surface area contributed by atoms with Gasteiger partial charge in [-0.25, -0.2) is 0 Å². The van der Waals surface area contributed by atoms with Crippen LogP contribution in [0.5, 0.6) is 0 Å². The fraction of sp³-hybridized carbons (Fsp3) is 0.750. The number of aliphatic carboxylic acids is 1. The van der Waals surface area contributed by atoms with E-state index in [4.69, 9.17) is 10.8 Å². The van der Waals surface area contributed by atoms with Gasteiger partial charge in [-0.2, -0.15) is 0 Å². The zero-order valence-corrected chi connectivity index (χ0v) is 7.99. The molecule has 5 nitrogen and oxygen atoms in total. The summed E-state index contributed by atoms with van der Waals surface area (Å²) >= 11 is 0. The lowest BCUT2D eigenvalue weighted by molar-refractivity contribution is -0.144. The summed E-state index contributed by atoms with van der Waals surface area (Å²) in [6.07, 6.45) is 1.40. The number of hydrogen-bond acceptors (Lipinski definition) is 3. The van der Waals surface area contributed by atoms with Crippen LogP contribution < -0.4 is 5.73 Å². The number of carboxylic acid groups (broad SMARTS) is 1. The molecule has 0 rings (SSSR count). The second-order valence-corrected chi connectivity index (χ2v) is 2.98.